The molecule has 1 aromatic heterocycles. The van der Waals surface area contributed by atoms with Gasteiger partial charge in [0.05, 0.1) is 6.42 Å². The van der Waals surface area contributed by atoms with Crippen LogP contribution in [0.2, 0.25) is 0 Å². The summed E-state index contributed by atoms with van der Waals surface area (Å²) in [6.07, 6.45) is 1.07. The SMILES string of the molecule is O=C(Cc1cccs1)NCCCNC(=O)c1ccc(O)cc1. The average Bonchev–Trinajstić information content (AvgIpc) is 3.00. The fourth-order valence-corrected chi connectivity index (χ4v) is 2.57. The Morgan fingerprint density at radius 2 is 1.77 bits per heavy atom. The number of hydrogen-bond donors (Lipinski definition) is 3. The summed E-state index contributed by atoms with van der Waals surface area (Å²) in [6.45, 7) is 1.01. The van der Waals surface area contributed by atoms with Gasteiger partial charge in [-0.3, -0.25) is 9.59 Å². The Labute approximate surface area is 133 Å². The van der Waals surface area contributed by atoms with E-state index in [4.69, 9.17) is 5.11 Å². The van der Waals surface area contributed by atoms with E-state index in [-0.39, 0.29) is 17.6 Å². The zero-order valence-electron chi connectivity index (χ0n) is 12.0. The molecule has 0 radical (unpaired) electrons. The molecule has 2 aromatic rings. The topological polar surface area (TPSA) is 78.4 Å². The van der Waals surface area contributed by atoms with E-state index in [9.17, 15) is 9.59 Å². The molecule has 0 saturated heterocycles. The molecule has 0 aliphatic rings. The van der Waals surface area contributed by atoms with Gasteiger partial charge < -0.3 is 15.7 Å². The molecule has 3 N–H and O–H groups in total. The maximum Gasteiger partial charge on any atom is 0.251 e. The van der Waals surface area contributed by atoms with Crippen LogP contribution in [0.4, 0.5) is 0 Å². The number of carbonyl (C=O) groups excluding carboxylic acids is 2. The van der Waals surface area contributed by atoms with E-state index < -0.39 is 0 Å². The van der Waals surface area contributed by atoms with Crippen molar-refractivity contribution >= 4 is 23.2 Å². The molecule has 2 rings (SSSR count). The van der Waals surface area contributed by atoms with Gasteiger partial charge >= 0.3 is 0 Å². The van der Waals surface area contributed by atoms with Crippen molar-refractivity contribution in [2.45, 2.75) is 12.8 Å². The monoisotopic (exact) mass is 318 g/mol. The summed E-state index contributed by atoms with van der Waals surface area (Å²) < 4.78 is 0. The van der Waals surface area contributed by atoms with E-state index in [1.165, 1.54) is 12.1 Å². The average molecular weight is 318 g/mol. The van der Waals surface area contributed by atoms with Crippen molar-refractivity contribution in [1.82, 2.24) is 10.6 Å². The van der Waals surface area contributed by atoms with E-state index in [1.807, 2.05) is 17.5 Å². The maximum atomic E-state index is 11.8. The third-order valence-corrected chi connectivity index (χ3v) is 3.88. The van der Waals surface area contributed by atoms with Crippen LogP contribution in [0.15, 0.2) is 41.8 Å². The number of benzene rings is 1. The molecule has 6 heteroatoms. The number of thiophene rings is 1. The molecule has 0 spiro atoms. The second-order valence-electron chi connectivity index (χ2n) is 4.76. The smallest absolute Gasteiger partial charge is 0.251 e. The van der Waals surface area contributed by atoms with Gasteiger partial charge in [0.25, 0.3) is 5.91 Å². The normalized spacial score (nSPS) is 10.2. The lowest BCUT2D eigenvalue weighted by molar-refractivity contribution is -0.120. The highest BCUT2D eigenvalue weighted by Crippen LogP contribution is 2.09. The Morgan fingerprint density at radius 3 is 2.45 bits per heavy atom. The number of phenolic OH excluding ortho intramolecular Hbond substituents is 1. The molecule has 0 bridgehead atoms. The summed E-state index contributed by atoms with van der Waals surface area (Å²) >= 11 is 1.56. The first-order valence-electron chi connectivity index (χ1n) is 7.01. The van der Waals surface area contributed by atoms with Gasteiger partial charge in [-0.1, -0.05) is 6.07 Å². The number of aromatic hydroxyl groups is 1. The Kier molecular flexibility index (Phi) is 5.97. The molecule has 0 aliphatic carbocycles. The van der Waals surface area contributed by atoms with E-state index in [2.05, 4.69) is 10.6 Å². The first-order chi connectivity index (χ1) is 10.6. The van der Waals surface area contributed by atoms with E-state index >= 15 is 0 Å². The third-order valence-electron chi connectivity index (χ3n) is 3.01. The van der Waals surface area contributed by atoms with Crippen LogP contribution < -0.4 is 10.6 Å². The van der Waals surface area contributed by atoms with Crippen molar-refractivity contribution in [3.05, 3.63) is 52.2 Å². The zero-order chi connectivity index (χ0) is 15.8. The number of rotatable bonds is 7. The van der Waals surface area contributed by atoms with Crippen LogP contribution in [0.25, 0.3) is 0 Å². The molecule has 0 fully saturated rings. The Balaban J connectivity index is 1.60. The third kappa shape index (κ3) is 5.21. The number of phenols is 1. The van der Waals surface area contributed by atoms with Gasteiger partial charge in [0.1, 0.15) is 5.75 Å². The molecular weight excluding hydrogens is 300 g/mol. The second-order valence-corrected chi connectivity index (χ2v) is 5.79. The summed E-state index contributed by atoms with van der Waals surface area (Å²) in [5, 5.41) is 16.7. The van der Waals surface area contributed by atoms with Crippen LogP contribution in [0.3, 0.4) is 0 Å². The van der Waals surface area contributed by atoms with Gasteiger partial charge in [-0.25, -0.2) is 0 Å². The van der Waals surface area contributed by atoms with E-state index in [0.717, 1.165) is 4.88 Å². The Morgan fingerprint density at radius 1 is 1.05 bits per heavy atom. The van der Waals surface area contributed by atoms with Crippen LogP contribution in [0.1, 0.15) is 21.7 Å². The Bertz CT molecular complexity index is 609. The Hall–Kier alpha value is -2.34. The molecule has 0 saturated carbocycles. The molecule has 0 atom stereocenters. The molecule has 5 nitrogen and oxygen atoms in total. The molecule has 22 heavy (non-hydrogen) atoms. The summed E-state index contributed by atoms with van der Waals surface area (Å²) in [4.78, 5) is 24.5. The maximum absolute atomic E-state index is 11.8. The lowest BCUT2D eigenvalue weighted by atomic mass is 10.2. The lowest BCUT2D eigenvalue weighted by Crippen LogP contribution is -2.30. The van der Waals surface area contributed by atoms with Crippen LogP contribution in [0, 0.1) is 0 Å². The molecule has 0 aliphatic heterocycles. The minimum absolute atomic E-state index is 0.00712. The van der Waals surface area contributed by atoms with E-state index in [0.29, 0.717) is 31.5 Å². The minimum atomic E-state index is -0.190. The first-order valence-corrected chi connectivity index (χ1v) is 7.89. The molecule has 1 aromatic carbocycles. The van der Waals surface area contributed by atoms with Crippen LogP contribution in [-0.2, 0) is 11.2 Å². The van der Waals surface area contributed by atoms with E-state index in [1.54, 1.807) is 23.5 Å². The predicted molar refractivity (Wildman–Crippen MR) is 86.1 cm³/mol. The van der Waals surface area contributed by atoms with Crippen LogP contribution in [0.5, 0.6) is 5.75 Å². The molecule has 116 valence electrons. The highest BCUT2D eigenvalue weighted by Gasteiger charge is 2.05. The number of carbonyl (C=O) groups is 2. The second kappa shape index (κ2) is 8.19. The van der Waals surface area contributed by atoms with Crippen molar-refractivity contribution in [3.63, 3.8) is 0 Å². The van der Waals surface area contributed by atoms with Crippen molar-refractivity contribution in [3.8, 4) is 5.75 Å². The standard InChI is InChI=1S/C16H18N2O3S/c19-13-6-4-12(5-7-13)16(21)18-9-2-8-17-15(20)11-14-3-1-10-22-14/h1,3-7,10,19H,2,8-9,11H2,(H,17,20)(H,18,21). The molecule has 0 unspecified atom stereocenters. The first kappa shape index (κ1) is 16.0. The summed E-state index contributed by atoms with van der Waals surface area (Å²) in [7, 11) is 0. The fraction of sp³-hybridized carbons (Fsp3) is 0.250. The van der Waals surface area contributed by atoms with Crippen molar-refractivity contribution < 1.29 is 14.7 Å². The van der Waals surface area contributed by atoms with Gasteiger partial charge in [-0.15, -0.1) is 11.3 Å². The van der Waals surface area contributed by atoms with Gasteiger partial charge in [0.2, 0.25) is 5.91 Å². The molecule has 1 heterocycles. The van der Waals surface area contributed by atoms with Crippen molar-refractivity contribution in [1.29, 1.82) is 0 Å². The van der Waals surface area contributed by atoms with Crippen molar-refractivity contribution in [2.24, 2.45) is 0 Å². The number of amides is 2. The number of nitrogens with one attached hydrogen (secondary N) is 2. The number of hydrogen-bond acceptors (Lipinski definition) is 4. The predicted octanol–water partition coefficient (Wildman–Crippen LogP) is 1.93. The van der Waals surface area contributed by atoms with Gasteiger partial charge in [-0.05, 0) is 42.1 Å². The molecular formula is C16H18N2O3S. The summed E-state index contributed by atoms with van der Waals surface area (Å²) in [5.41, 5.74) is 0.500. The zero-order valence-corrected chi connectivity index (χ0v) is 12.9. The molecule has 2 amide bonds. The van der Waals surface area contributed by atoms with Gasteiger partial charge in [0, 0.05) is 23.5 Å². The summed E-state index contributed by atoms with van der Waals surface area (Å²) in [6, 6.07) is 9.93. The van der Waals surface area contributed by atoms with Gasteiger partial charge in [0.15, 0.2) is 0 Å². The fourth-order valence-electron chi connectivity index (χ4n) is 1.87. The largest absolute Gasteiger partial charge is 0.508 e. The quantitative estimate of drug-likeness (QED) is 0.683. The minimum Gasteiger partial charge on any atom is -0.508 e. The van der Waals surface area contributed by atoms with Crippen LogP contribution >= 0.6 is 11.3 Å². The van der Waals surface area contributed by atoms with Gasteiger partial charge in [-0.2, -0.15) is 0 Å². The van der Waals surface area contributed by atoms with Crippen molar-refractivity contribution in [2.75, 3.05) is 13.1 Å². The lowest BCUT2D eigenvalue weighted by Gasteiger charge is -2.06. The summed E-state index contributed by atoms with van der Waals surface area (Å²) in [5.74, 6) is -0.0674. The van der Waals surface area contributed by atoms with Crippen LogP contribution in [-0.4, -0.2) is 30.0 Å². The highest BCUT2D eigenvalue weighted by molar-refractivity contribution is 7.10. The highest BCUT2D eigenvalue weighted by atomic mass is 32.1.